The highest BCUT2D eigenvalue weighted by Gasteiger charge is 2.23. The van der Waals surface area contributed by atoms with Gasteiger partial charge in [0.2, 0.25) is 0 Å². The van der Waals surface area contributed by atoms with Crippen molar-refractivity contribution in [1.82, 2.24) is 9.88 Å². The van der Waals surface area contributed by atoms with E-state index >= 15 is 0 Å². The van der Waals surface area contributed by atoms with Gasteiger partial charge in [-0.1, -0.05) is 35.9 Å². The number of rotatable bonds is 10. The summed E-state index contributed by atoms with van der Waals surface area (Å²) < 4.78 is 22.7. The van der Waals surface area contributed by atoms with Crippen molar-refractivity contribution in [2.75, 3.05) is 20.8 Å². The van der Waals surface area contributed by atoms with E-state index < -0.39 is 5.60 Å². The quantitative estimate of drug-likeness (QED) is 0.276. The molecular formula is C29H35ClN2O5. The standard InChI is InChI=1S/C29H35ClN2O5/c1-20-7-8-21(15-25(20)34-5)13-14-32(28(33)37-29(2,3)4)18-22-9-11-24(26(16-22)35-6)36-19-23-10-12-27(30)31-17-23/h7-12,15-17H,13-14,18-19H2,1-6H3. The number of hydrogen-bond acceptors (Lipinski definition) is 6. The predicted molar refractivity (Wildman–Crippen MR) is 145 cm³/mol. The van der Waals surface area contributed by atoms with Crippen molar-refractivity contribution in [3.63, 3.8) is 0 Å². The Hall–Kier alpha value is -3.45. The van der Waals surface area contributed by atoms with Gasteiger partial charge in [0.15, 0.2) is 11.5 Å². The van der Waals surface area contributed by atoms with Crippen molar-refractivity contribution in [2.24, 2.45) is 0 Å². The molecule has 1 heterocycles. The first kappa shape index (κ1) is 28.1. The lowest BCUT2D eigenvalue weighted by molar-refractivity contribution is 0.0235. The molecule has 0 saturated carbocycles. The van der Waals surface area contributed by atoms with Gasteiger partial charge >= 0.3 is 6.09 Å². The highest BCUT2D eigenvalue weighted by molar-refractivity contribution is 6.29. The molecule has 37 heavy (non-hydrogen) atoms. The van der Waals surface area contributed by atoms with Gasteiger partial charge in [0.1, 0.15) is 23.1 Å². The van der Waals surface area contributed by atoms with Crippen LogP contribution in [-0.2, 0) is 24.3 Å². The first-order valence-corrected chi connectivity index (χ1v) is 12.5. The van der Waals surface area contributed by atoms with E-state index in [0.29, 0.717) is 42.8 Å². The summed E-state index contributed by atoms with van der Waals surface area (Å²) in [5, 5.41) is 0.432. The third-order valence-corrected chi connectivity index (χ3v) is 5.80. The second kappa shape index (κ2) is 12.7. The Balaban J connectivity index is 1.74. The summed E-state index contributed by atoms with van der Waals surface area (Å²) in [6.07, 6.45) is 1.95. The molecule has 0 aliphatic rings. The highest BCUT2D eigenvalue weighted by atomic mass is 35.5. The summed E-state index contributed by atoms with van der Waals surface area (Å²) in [7, 11) is 3.25. The van der Waals surface area contributed by atoms with E-state index in [4.69, 9.17) is 30.5 Å². The zero-order valence-electron chi connectivity index (χ0n) is 22.3. The van der Waals surface area contributed by atoms with Gasteiger partial charge in [-0.15, -0.1) is 0 Å². The van der Waals surface area contributed by atoms with E-state index in [1.807, 2.05) is 64.1 Å². The molecule has 2 aromatic carbocycles. The Morgan fingerprint density at radius 3 is 2.24 bits per heavy atom. The van der Waals surface area contributed by atoms with Crippen LogP contribution in [0.5, 0.6) is 17.2 Å². The SMILES string of the molecule is COc1cc(CCN(Cc2ccc(OCc3ccc(Cl)nc3)c(OC)c2)C(=O)OC(C)(C)C)ccc1C. The molecule has 198 valence electrons. The maximum atomic E-state index is 13.1. The molecular weight excluding hydrogens is 492 g/mol. The largest absolute Gasteiger partial charge is 0.496 e. The lowest BCUT2D eigenvalue weighted by Crippen LogP contribution is -2.37. The van der Waals surface area contributed by atoms with Crippen molar-refractivity contribution < 1.29 is 23.7 Å². The minimum atomic E-state index is -0.603. The van der Waals surface area contributed by atoms with Gasteiger partial charge in [-0.25, -0.2) is 9.78 Å². The molecule has 0 fully saturated rings. The molecule has 0 N–H and O–H groups in total. The molecule has 1 aromatic heterocycles. The third-order valence-electron chi connectivity index (χ3n) is 5.58. The lowest BCUT2D eigenvalue weighted by Gasteiger charge is -2.28. The Bertz CT molecular complexity index is 1190. The number of methoxy groups -OCH3 is 2. The first-order chi connectivity index (χ1) is 17.6. The summed E-state index contributed by atoms with van der Waals surface area (Å²) in [4.78, 5) is 18.8. The van der Waals surface area contributed by atoms with Crippen LogP contribution in [0.25, 0.3) is 0 Å². The van der Waals surface area contributed by atoms with Crippen LogP contribution in [0.4, 0.5) is 4.79 Å². The average molecular weight is 527 g/mol. The average Bonchev–Trinajstić information content (AvgIpc) is 2.86. The maximum Gasteiger partial charge on any atom is 0.410 e. The number of hydrogen-bond donors (Lipinski definition) is 0. The Morgan fingerprint density at radius 1 is 0.919 bits per heavy atom. The fourth-order valence-corrected chi connectivity index (χ4v) is 3.76. The van der Waals surface area contributed by atoms with Gasteiger partial charge in [-0.05, 0) is 75.1 Å². The second-order valence-electron chi connectivity index (χ2n) is 9.72. The van der Waals surface area contributed by atoms with Crippen LogP contribution in [-0.4, -0.2) is 42.3 Å². The van der Waals surface area contributed by atoms with Crippen LogP contribution in [0.3, 0.4) is 0 Å². The molecule has 3 rings (SSSR count). The summed E-state index contributed by atoms with van der Waals surface area (Å²) in [5.41, 5.74) is 3.32. The number of nitrogens with zero attached hydrogens (tertiary/aromatic N) is 2. The van der Waals surface area contributed by atoms with E-state index in [1.54, 1.807) is 31.4 Å². The van der Waals surface area contributed by atoms with Crippen molar-refractivity contribution in [3.05, 3.63) is 82.1 Å². The molecule has 1 amide bonds. The third kappa shape index (κ3) is 8.57. The number of halogens is 1. The van der Waals surface area contributed by atoms with Crippen molar-refractivity contribution in [2.45, 2.75) is 52.9 Å². The van der Waals surface area contributed by atoms with Gasteiger partial charge in [0, 0.05) is 24.8 Å². The summed E-state index contributed by atoms with van der Waals surface area (Å²) in [6, 6.07) is 15.3. The molecule has 0 unspecified atom stereocenters. The fourth-order valence-electron chi connectivity index (χ4n) is 3.65. The monoisotopic (exact) mass is 526 g/mol. The normalized spacial score (nSPS) is 11.1. The summed E-state index contributed by atoms with van der Waals surface area (Å²) >= 11 is 5.86. The lowest BCUT2D eigenvalue weighted by atomic mass is 10.1. The molecule has 0 aliphatic carbocycles. The zero-order chi connectivity index (χ0) is 27.0. The topological polar surface area (TPSA) is 70.1 Å². The van der Waals surface area contributed by atoms with E-state index in [0.717, 1.165) is 28.0 Å². The molecule has 3 aromatic rings. The predicted octanol–water partition coefficient (Wildman–Crippen LogP) is 6.62. The van der Waals surface area contributed by atoms with Crippen molar-refractivity contribution >= 4 is 17.7 Å². The van der Waals surface area contributed by atoms with E-state index in [2.05, 4.69) is 11.1 Å². The fraction of sp³-hybridized carbons (Fsp3) is 0.379. The van der Waals surface area contributed by atoms with Gasteiger partial charge in [-0.2, -0.15) is 0 Å². The highest BCUT2D eigenvalue weighted by Crippen LogP contribution is 2.30. The molecule has 0 bridgehead atoms. The maximum absolute atomic E-state index is 13.1. The molecule has 7 nitrogen and oxygen atoms in total. The minimum absolute atomic E-state index is 0.323. The van der Waals surface area contributed by atoms with Crippen LogP contribution in [0.2, 0.25) is 5.15 Å². The Labute approximate surface area is 224 Å². The summed E-state index contributed by atoms with van der Waals surface area (Å²) in [5.74, 6) is 2.00. The number of benzene rings is 2. The minimum Gasteiger partial charge on any atom is -0.496 e. The Morgan fingerprint density at radius 2 is 1.59 bits per heavy atom. The number of carbonyl (C=O) groups excluding carboxylic acids is 1. The van der Waals surface area contributed by atoms with Crippen LogP contribution in [0.15, 0.2) is 54.7 Å². The number of aryl methyl sites for hydroxylation is 1. The van der Waals surface area contributed by atoms with Gasteiger partial charge in [0.05, 0.1) is 14.2 Å². The molecule has 0 radical (unpaired) electrons. The first-order valence-electron chi connectivity index (χ1n) is 12.1. The van der Waals surface area contributed by atoms with Crippen LogP contribution < -0.4 is 14.2 Å². The van der Waals surface area contributed by atoms with Crippen molar-refractivity contribution in [1.29, 1.82) is 0 Å². The smallest absolute Gasteiger partial charge is 0.410 e. The molecule has 0 atom stereocenters. The van der Waals surface area contributed by atoms with Gasteiger partial charge in [-0.3, -0.25) is 0 Å². The van der Waals surface area contributed by atoms with E-state index in [9.17, 15) is 4.79 Å². The number of ether oxygens (including phenoxy) is 4. The van der Waals surface area contributed by atoms with Gasteiger partial charge < -0.3 is 23.8 Å². The number of amides is 1. The van der Waals surface area contributed by atoms with Gasteiger partial charge in [0.25, 0.3) is 0 Å². The van der Waals surface area contributed by atoms with Crippen LogP contribution >= 0.6 is 11.6 Å². The van der Waals surface area contributed by atoms with Crippen molar-refractivity contribution in [3.8, 4) is 17.2 Å². The molecule has 0 spiro atoms. The molecule has 8 heteroatoms. The number of aromatic nitrogens is 1. The molecule has 0 saturated heterocycles. The zero-order valence-corrected chi connectivity index (χ0v) is 23.1. The van der Waals surface area contributed by atoms with E-state index in [-0.39, 0.29) is 6.09 Å². The van der Waals surface area contributed by atoms with Crippen LogP contribution in [0.1, 0.15) is 43.0 Å². The molecule has 0 aliphatic heterocycles. The Kier molecular flexibility index (Phi) is 9.64. The number of pyridine rings is 1. The van der Waals surface area contributed by atoms with E-state index in [1.165, 1.54) is 0 Å². The summed E-state index contributed by atoms with van der Waals surface area (Å²) in [6.45, 7) is 8.74. The van der Waals surface area contributed by atoms with Crippen LogP contribution in [0, 0.1) is 6.92 Å². The number of carbonyl (C=O) groups is 1. The second-order valence-corrected chi connectivity index (χ2v) is 10.1.